The Hall–Kier alpha value is -2.54. The molecule has 0 aliphatic rings. The van der Waals surface area contributed by atoms with E-state index in [1.807, 2.05) is 38.1 Å². The number of hydrogen-bond acceptors (Lipinski definition) is 4. The zero-order valence-electron chi connectivity index (χ0n) is 14.4. The summed E-state index contributed by atoms with van der Waals surface area (Å²) >= 11 is 0. The minimum Gasteiger partial charge on any atom is -0.494 e. The Bertz CT molecular complexity index is 832. The molecule has 0 heterocycles. The Labute approximate surface area is 148 Å². The van der Waals surface area contributed by atoms with Crippen molar-refractivity contribution in [3.05, 3.63) is 59.7 Å². The topological polar surface area (TPSA) is 84.5 Å². The molecule has 0 radical (unpaired) electrons. The van der Waals surface area contributed by atoms with Gasteiger partial charge in [0.15, 0.2) is 0 Å². The first-order valence-electron chi connectivity index (χ1n) is 7.90. The monoisotopic (exact) mass is 362 g/mol. The number of carbonyl (C=O) groups is 1. The summed E-state index contributed by atoms with van der Waals surface area (Å²) in [5, 5.41) is 2.88. The fourth-order valence-electron chi connectivity index (χ4n) is 2.35. The van der Waals surface area contributed by atoms with Gasteiger partial charge in [-0.1, -0.05) is 24.3 Å². The zero-order valence-corrected chi connectivity index (χ0v) is 15.3. The molecule has 0 saturated heterocycles. The van der Waals surface area contributed by atoms with Crippen molar-refractivity contribution in [2.24, 2.45) is 0 Å². The number of carbonyl (C=O) groups excluding carboxylic acids is 1. The van der Waals surface area contributed by atoms with Crippen LogP contribution in [0.3, 0.4) is 0 Å². The smallest absolute Gasteiger partial charge is 0.253 e. The minimum absolute atomic E-state index is 0.241. The van der Waals surface area contributed by atoms with Crippen LogP contribution >= 0.6 is 0 Å². The fourth-order valence-corrected chi connectivity index (χ4v) is 2.92. The van der Waals surface area contributed by atoms with E-state index in [0.717, 1.165) is 17.6 Å². The summed E-state index contributed by atoms with van der Waals surface area (Å²) < 4.78 is 30.7. The first-order chi connectivity index (χ1) is 11.8. The molecule has 0 bridgehead atoms. The molecule has 2 aromatic rings. The van der Waals surface area contributed by atoms with E-state index < -0.39 is 10.0 Å². The molecule has 1 unspecified atom stereocenters. The molecular formula is C18H22N2O4S. The third-order valence-electron chi connectivity index (χ3n) is 3.51. The van der Waals surface area contributed by atoms with Gasteiger partial charge in [-0.2, -0.15) is 0 Å². The number of ether oxygens (including phenoxy) is 1. The third-order valence-corrected chi connectivity index (χ3v) is 4.10. The summed E-state index contributed by atoms with van der Waals surface area (Å²) in [7, 11) is -3.47. The van der Waals surface area contributed by atoms with Gasteiger partial charge in [0.2, 0.25) is 10.0 Å². The molecule has 1 amide bonds. The van der Waals surface area contributed by atoms with Crippen molar-refractivity contribution >= 4 is 21.6 Å². The highest BCUT2D eigenvalue weighted by atomic mass is 32.2. The van der Waals surface area contributed by atoms with E-state index in [9.17, 15) is 13.2 Å². The number of anilines is 1. The van der Waals surface area contributed by atoms with Crippen molar-refractivity contribution in [2.75, 3.05) is 17.6 Å². The third kappa shape index (κ3) is 5.49. The molecule has 0 fully saturated rings. The summed E-state index contributed by atoms with van der Waals surface area (Å²) in [4.78, 5) is 12.5. The quantitative estimate of drug-likeness (QED) is 0.793. The summed E-state index contributed by atoms with van der Waals surface area (Å²) in [5.74, 6) is 0.417. The Kier molecular flexibility index (Phi) is 6.03. The van der Waals surface area contributed by atoms with E-state index in [1.165, 1.54) is 0 Å². The normalized spacial score (nSPS) is 12.3. The number of amides is 1. The van der Waals surface area contributed by atoms with Crippen molar-refractivity contribution in [3.8, 4) is 5.75 Å². The predicted octanol–water partition coefficient (Wildman–Crippen LogP) is 2.95. The van der Waals surface area contributed by atoms with Crippen LogP contribution in [-0.4, -0.2) is 27.2 Å². The predicted molar refractivity (Wildman–Crippen MR) is 98.4 cm³/mol. The second-order valence-electron chi connectivity index (χ2n) is 5.62. The van der Waals surface area contributed by atoms with Gasteiger partial charge in [-0.3, -0.25) is 9.52 Å². The molecule has 2 N–H and O–H groups in total. The molecule has 25 heavy (non-hydrogen) atoms. The number of hydrogen-bond donors (Lipinski definition) is 2. The van der Waals surface area contributed by atoms with Crippen molar-refractivity contribution in [1.29, 1.82) is 0 Å². The van der Waals surface area contributed by atoms with Gasteiger partial charge in [0, 0.05) is 0 Å². The van der Waals surface area contributed by atoms with E-state index in [0.29, 0.717) is 6.61 Å². The van der Waals surface area contributed by atoms with E-state index in [4.69, 9.17) is 4.74 Å². The molecule has 0 aliphatic heterocycles. The minimum atomic E-state index is -3.47. The Balaban J connectivity index is 2.13. The van der Waals surface area contributed by atoms with Crippen LogP contribution in [0, 0.1) is 0 Å². The van der Waals surface area contributed by atoms with Gasteiger partial charge in [0.25, 0.3) is 5.91 Å². The van der Waals surface area contributed by atoms with Crippen molar-refractivity contribution < 1.29 is 17.9 Å². The molecule has 0 saturated carbocycles. The molecule has 0 spiro atoms. The van der Waals surface area contributed by atoms with Crippen LogP contribution < -0.4 is 14.8 Å². The van der Waals surface area contributed by atoms with Crippen LogP contribution in [0.5, 0.6) is 5.75 Å². The van der Waals surface area contributed by atoms with E-state index in [2.05, 4.69) is 10.0 Å². The van der Waals surface area contributed by atoms with Gasteiger partial charge in [0.1, 0.15) is 5.75 Å². The molecule has 6 nitrogen and oxygen atoms in total. The zero-order chi connectivity index (χ0) is 18.4. The van der Waals surface area contributed by atoms with Gasteiger partial charge in [-0.05, 0) is 43.7 Å². The summed E-state index contributed by atoms with van der Waals surface area (Å²) in [6, 6.07) is 13.7. The summed E-state index contributed by atoms with van der Waals surface area (Å²) in [6.45, 7) is 4.37. The van der Waals surface area contributed by atoms with Crippen LogP contribution in [-0.2, 0) is 10.0 Å². The lowest BCUT2D eigenvalue weighted by Gasteiger charge is -2.17. The van der Waals surface area contributed by atoms with Gasteiger partial charge >= 0.3 is 0 Å². The van der Waals surface area contributed by atoms with Crippen molar-refractivity contribution in [1.82, 2.24) is 5.32 Å². The van der Waals surface area contributed by atoms with Crippen LogP contribution in [0.25, 0.3) is 0 Å². The molecule has 2 rings (SSSR count). The van der Waals surface area contributed by atoms with E-state index in [1.54, 1.807) is 24.3 Å². The van der Waals surface area contributed by atoms with Crippen molar-refractivity contribution in [3.63, 3.8) is 0 Å². The lowest BCUT2D eigenvalue weighted by Crippen LogP contribution is -2.27. The maximum atomic E-state index is 12.5. The molecule has 7 heteroatoms. The van der Waals surface area contributed by atoms with Gasteiger partial charge in [-0.15, -0.1) is 0 Å². The molecule has 134 valence electrons. The van der Waals surface area contributed by atoms with E-state index in [-0.39, 0.29) is 23.2 Å². The summed E-state index contributed by atoms with van der Waals surface area (Å²) in [5.41, 5.74) is 1.44. The highest BCUT2D eigenvalue weighted by Crippen LogP contribution is 2.20. The molecular weight excluding hydrogens is 340 g/mol. The molecule has 0 aromatic heterocycles. The van der Waals surface area contributed by atoms with Gasteiger partial charge < -0.3 is 10.1 Å². The number of benzene rings is 2. The number of sulfonamides is 1. The van der Waals surface area contributed by atoms with Crippen LogP contribution in [0.1, 0.15) is 35.8 Å². The highest BCUT2D eigenvalue weighted by molar-refractivity contribution is 7.92. The van der Waals surface area contributed by atoms with Crippen LogP contribution in [0.2, 0.25) is 0 Å². The van der Waals surface area contributed by atoms with Crippen molar-refractivity contribution in [2.45, 2.75) is 19.9 Å². The lowest BCUT2D eigenvalue weighted by atomic mass is 10.1. The van der Waals surface area contributed by atoms with Gasteiger partial charge in [0.05, 0.1) is 30.2 Å². The first-order valence-corrected chi connectivity index (χ1v) is 9.79. The Morgan fingerprint density at radius 1 is 1.12 bits per heavy atom. The molecule has 0 aliphatic carbocycles. The highest BCUT2D eigenvalue weighted by Gasteiger charge is 2.16. The Morgan fingerprint density at radius 2 is 1.76 bits per heavy atom. The first kappa shape index (κ1) is 18.8. The Morgan fingerprint density at radius 3 is 2.36 bits per heavy atom. The molecule has 1 atom stereocenters. The van der Waals surface area contributed by atoms with Gasteiger partial charge in [-0.25, -0.2) is 8.42 Å². The second kappa shape index (κ2) is 8.02. The number of rotatable bonds is 7. The lowest BCUT2D eigenvalue weighted by molar-refractivity contribution is 0.0941. The number of para-hydroxylation sites is 1. The largest absolute Gasteiger partial charge is 0.494 e. The maximum Gasteiger partial charge on any atom is 0.253 e. The summed E-state index contributed by atoms with van der Waals surface area (Å²) in [6.07, 6.45) is 1.05. The SMILES string of the molecule is CCOc1ccc(C(C)NC(=O)c2ccccc2NS(C)(=O)=O)cc1. The average Bonchev–Trinajstić information content (AvgIpc) is 2.54. The fraction of sp³-hybridized carbons (Fsp3) is 0.278. The molecule has 2 aromatic carbocycles. The van der Waals surface area contributed by atoms with E-state index >= 15 is 0 Å². The standard InChI is InChI=1S/C18H22N2O4S/c1-4-24-15-11-9-14(10-12-15)13(2)19-18(21)16-7-5-6-8-17(16)20-25(3,22)23/h5-13,20H,4H2,1-3H3,(H,19,21). The van der Waals surface area contributed by atoms with Crippen LogP contribution in [0.4, 0.5) is 5.69 Å². The maximum absolute atomic E-state index is 12.5. The number of nitrogens with one attached hydrogen (secondary N) is 2. The van der Waals surface area contributed by atoms with Crippen LogP contribution in [0.15, 0.2) is 48.5 Å². The average molecular weight is 362 g/mol. The second-order valence-corrected chi connectivity index (χ2v) is 7.37.